The summed E-state index contributed by atoms with van der Waals surface area (Å²) < 4.78 is 68.2. The Kier molecular flexibility index (Phi) is 7.54. The zero-order valence-corrected chi connectivity index (χ0v) is 19.5. The van der Waals surface area contributed by atoms with Crippen LogP contribution in [0, 0.1) is 11.6 Å². The summed E-state index contributed by atoms with van der Waals surface area (Å²) in [5.41, 5.74) is -2.48. The lowest BCUT2D eigenvalue weighted by molar-refractivity contribution is -0.137. The van der Waals surface area contributed by atoms with E-state index in [9.17, 15) is 41.4 Å². The summed E-state index contributed by atoms with van der Waals surface area (Å²) in [6.45, 7) is 2.26. The molecule has 0 aliphatic carbocycles. The van der Waals surface area contributed by atoms with Crippen molar-refractivity contribution in [3.05, 3.63) is 87.2 Å². The average Bonchev–Trinajstić information content (AvgIpc) is 3.11. The van der Waals surface area contributed by atoms with Gasteiger partial charge >= 0.3 is 12.1 Å². The molecule has 190 valence electrons. The zero-order chi connectivity index (χ0) is 26.9. The summed E-state index contributed by atoms with van der Waals surface area (Å²) in [5.74, 6) is -5.96. The highest BCUT2D eigenvalue weighted by Gasteiger charge is 2.32. The summed E-state index contributed by atoms with van der Waals surface area (Å²) in [6.07, 6.45) is -4.92. The second kappa shape index (κ2) is 10.1. The minimum Gasteiger partial charge on any atom is -0.477 e. The van der Waals surface area contributed by atoms with E-state index in [0.717, 1.165) is 22.8 Å². The third-order valence-corrected chi connectivity index (χ3v) is 5.65. The largest absolute Gasteiger partial charge is 0.477 e. The van der Waals surface area contributed by atoms with Crippen LogP contribution in [0.5, 0.6) is 0 Å². The van der Waals surface area contributed by atoms with E-state index in [1.54, 1.807) is 0 Å². The molecule has 0 aliphatic rings. The van der Waals surface area contributed by atoms with E-state index in [1.807, 2.05) is 0 Å². The molecule has 1 heterocycles. The molecule has 0 spiro atoms. The van der Waals surface area contributed by atoms with Gasteiger partial charge in [0.05, 0.1) is 17.8 Å². The van der Waals surface area contributed by atoms with Crippen molar-refractivity contribution in [2.75, 3.05) is 5.32 Å². The topological polar surface area (TPSA) is 88.4 Å². The smallest absolute Gasteiger partial charge is 0.416 e. The number of aromatic carboxylic acids is 1. The minimum absolute atomic E-state index is 0.0240. The van der Waals surface area contributed by atoms with Crippen molar-refractivity contribution < 1.29 is 41.4 Å². The van der Waals surface area contributed by atoms with Crippen molar-refractivity contribution in [3.8, 4) is 0 Å². The molecule has 12 heteroatoms. The van der Waals surface area contributed by atoms with E-state index in [4.69, 9.17) is 11.6 Å². The zero-order valence-electron chi connectivity index (χ0n) is 18.7. The number of hydrogen-bond acceptors (Lipinski definition) is 3. The molecule has 2 aromatic carbocycles. The summed E-state index contributed by atoms with van der Waals surface area (Å²) in [4.78, 5) is 36.6. The molecular formula is C24H18ClF5N2O4. The number of alkyl halides is 3. The van der Waals surface area contributed by atoms with Crippen molar-refractivity contribution in [3.63, 3.8) is 0 Å². The predicted octanol–water partition coefficient (Wildman–Crippen LogP) is 6.13. The molecule has 0 radical (unpaired) electrons. The molecule has 0 bridgehead atoms. The number of ketones is 1. The standard InChI is InChI=1S/C24H18ClF5N2O4/c1-11(33)10-32-20(23(35)36)9-19(21(32)12(2)17-8-15(26)3-4-18(17)25)31-22(34)13-5-14(24(28,29)30)7-16(27)6-13/h3-9,12H,10H2,1-2H3,(H,31,34)(H,35,36)/t12-/m1/s1. The fraction of sp³-hybridized carbons (Fsp3) is 0.208. The number of aromatic nitrogens is 1. The number of halogens is 6. The van der Waals surface area contributed by atoms with E-state index < -0.39 is 64.8 Å². The van der Waals surface area contributed by atoms with Crippen LogP contribution in [0.3, 0.4) is 0 Å². The molecule has 0 saturated carbocycles. The van der Waals surface area contributed by atoms with Crippen LogP contribution < -0.4 is 5.32 Å². The Labute approximate surface area is 206 Å². The number of nitrogens with one attached hydrogen (secondary N) is 1. The molecule has 3 rings (SSSR count). The number of hydrogen-bond donors (Lipinski definition) is 2. The lowest BCUT2D eigenvalue weighted by atomic mass is 9.96. The van der Waals surface area contributed by atoms with Gasteiger partial charge in [-0.2, -0.15) is 13.2 Å². The Morgan fingerprint density at radius 2 is 1.72 bits per heavy atom. The van der Waals surface area contributed by atoms with Crippen molar-refractivity contribution >= 4 is 34.9 Å². The molecule has 36 heavy (non-hydrogen) atoms. The SMILES string of the molecule is CC(=O)Cn1c(C(=O)O)cc(NC(=O)c2cc(F)cc(C(F)(F)F)c2)c1[C@H](C)c1cc(F)ccc1Cl. The van der Waals surface area contributed by atoms with Crippen LogP contribution in [0.2, 0.25) is 5.02 Å². The van der Waals surface area contributed by atoms with Crippen LogP contribution in [-0.4, -0.2) is 27.3 Å². The highest BCUT2D eigenvalue weighted by molar-refractivity contribution is 6.31. The second-order valence-electron chi connectivity index (χ2n) is 7.99. The maximum Gasteiger partial charge on any atom is 0.416 e. The summed E-state index contributed by atoms with van der Waals surface area (Å²) in [5, 5.41) is 12.1. The lowest BCUT2D eigenvalue weighted by Gasteiger charge is -2.20. The van der Waals surface area contributed by atoms with Crippen LogP contribution in [0.25, 0.3) is 0 Å². The lowest BCUT2D eigenvalue weighted by Crippen LogP contribution is -2.19. The Balaban J connectivity index is 2.17. The van der Waals surface area contributed by atoms with Gasteiger partial charge in [-0.25, -0.2) is 13.6 Å². The molecule has 3 aromatic rings. The number of carbonyl (C=O) groups is 3. The van der Waals surface area contributed by atoms with Gasteiger partial charge < -0.3 is 15.0 Å². The second-order valence-corrected chi connectivity index (χ2v) is 8.40. The molecule has 2 N–H and O–H groups in total. The number of benzene rings is 2. The van der Waals surface area contributed by atoms with Gasteiger partial charge in [0.15, 0.2) is 0 Å². The number of carbonyl (C=O) groups excluding carboxylic acids is 2. The van der Waals surface area contributed by atoms with Crippen LogP contribution in [-0.2, 0) is 17.5 Å². The van der Waals surface area contributed by atoms with Gasteiger partial charge in [-0.15, -0.1) is 0 Å². The highest BCUT2D eigenvalue weighted by Crippen LogP contribution is 2.37. The van der Waals surface area contributed by atoms with Crippen molar-refractivity contribution in [1.29, 1.82) is 0 Å². The molecule has 6 nitrogen and oxygen atoms in total. The van der Waals surface area contributed by atoms with Gasteiger partial charge in [0.1, 0.15) is 23.1 Å². The Morgan fingerprint density at radius 1 is 1.06 bits per heavy atom. The monoisotopic (exact) mass is 528 g/mol. The van der Waals surface area contributed by atoms with Crippen molar-refractivity contribution in [2.24, 2.45) is 0 Å². The van der Waals surface area contributed by atoms with Crippen LogP contribution in [0.1, 0.15) is 57.4 Å². The average molecular weight is 529 g/mol. The number of Topliss-reactive ketones (excluding diaryl/α,β-unsaturated/α-hetero) is 1. The molecule has 0 unspecified atom stereocenters. The first kappa shape index (κ1) is 26.9. The van der Waals surface area contributed by atoms with Gasteiger partial charge in [-0.05, 0) is 55.0 Å². The maximum atomic E-state index is 14.0. The molecule has 1 atom stereocenters. The Bertz CT molecular complexity index is 1370. The van der Waals surface area contributed by atoms with Crippen LogP contribution >= 0.6 is 11.6 Å². The predicted molar refractivity (Wildman–Crippen MR) is 120 cm³/mol. The molecule has 1 aromatic heterocycles. The van der Waals surface area contributed by atoms with Crippen molar-refractivity contribution in [1.82, 2.24) is 4.57 Å². The normalized spacial score (nSPS) is 12.3. The molecule has 0 saturated heterocycles. The summed E-state index contributed by atoms with van der Waals surface area (Å²) in [6, 6.07) is 5.71. The van der Waals surface area contributed by atoms with Gasteiger partial charge in [-0.1, -0.05) is 18.5 Å². The number of carboxylic acid groups (broad SMARTS) is 1. The third kappa shape index (κ3) is 5.73. The quantitative estimate of drug-likeness (QED) is 0.361. The van der Waals surface area contributed by atoms with E-state index in [-0.39, 0.29) is 28.0 Å². The number of carboxylic acids is 1. The van der Waals surface area contributed by atoms with E-state index in [2.05, 4.69) is 5.32 Å². The van der Waals surface area contributed by atoms with Gasteiger partial charge in [0, 0.05) is 22.2 Å². The summed E-state index contributed by atoms with van der Waals surface area (Å²) in [7, 11) is 0. The van der Waals surface area contributed by atoms with Crippen LogP contribution in [0.4, 0.5) is 27.6 Å². The fourth-order valence-electron chi connectivity index (χ4n) is 3.77. The van der Waals surface area contributed by atoms with Gasteiger partial charge in [-0.3, -0.25) is 9.59 Å². The number of nitrogens with zero attached hydrogens (tertiary/aromatic N) is 1. The molecule has 0 fully saturated rings. The summed E-state index contributed by atoms with van der Waals surface area (Å²) >= 11 is 6.21. The van der Waals surface area contributed by atoms with E-state index >= 15 is 0 Å². The number of anilines is 1. The van der Waals surface area contributed by atoms with Crippen molar-refractivity contribution in [2.45, 2.75) is 32.5 Å². The fourth-order valence-corrected chi connectivity index (χ4v) is 4.05. The molecule has 0 aliphatic heterocycles. The first-order valence-electron chi connectivity index (χ1n) is 10.3. The van der Waals surface area contributed by atoms with E-state index in [1.165, 1.54) is 19.9 Å². The molecule has 1 amide bonds. The van der Waals surface area contributed by atoms with Gasteiger partial charge in [0.2, 0.25) is 0 Å². The maximum absolute atomic E-state index is 14.0. The van der Waals surface area contributed by atoms with Gasteiger partial charge in [0.25, 0.3) is 5.91 Å². The first-order chi connectivity index (χ1) is 16.7. The Hall–Kier alpha value is -3.73. The Morgan fingerprint density at radius 3 is 2.31 bits per heavy atom. The number of rotatable bonds is 7. The highest BCUT2D eigenvalue weighted by atomic mass is 35.5. The third-order valence-electron chi connectivity index (χ3n) is 5.31. The molecular weight excluding hydrogens is 511 g/mol. The van der Waals surface area contributed by atoms with E-state index in [0.29, 0.717) is 12.1 Å². The van der Waals surface area contributed by atoms with Crippen LogP contribution in [0.15, 0.2) is 42.5 Å². The first-order valence-corrected chi connectivity index (χ1v) is 10.7. The number of amides is 1. The minimum atomic E-state index is -4.92.